The monoisotopic (exact) mass is 244 g/mol. The summed E-state index contributed by atoms with van der Waals surface area (Å²) < 4.78 is 27.1. The number of hydrogen-bond acceptors (Lipinski definition) is 3. The van der Waals surface area contributed by atoms with Crippen LogP contribution in [0.4, 0.5) is 0 Å². The highest BCUT2D eigenvalue weighted by atomic mass is 35.7. The van der Waals surface area contributed by atoms with E-state index < -0.39 is 9.05 Å². The second kappa shape index (κ2) is 3.54. The van der Waals surface area contributed by atoms with Crippen molar-refractivity contribution in [3.05, 3.63) is 35.6 Å². The fourth-order valence-corrected chi connectivity index (χ4v) is 2.45. The molecule has 0 amide bonds. The Morgan fingerprint density at radius 1 is 1.33 bits per heavy atom. The third-order valence-electron chi connectivity index (χ3n) is 2.05. The lowest BCUT2D eigenvalue weighted by atomic mass is 10.2. The average Bonchev–Trinajstić information content (AvgIpc) is 2.40. The second-order valence-electron chi connectivity index (χ2n) is 3.41. The molecule has 0 saturated heterocycles. The first-order valence-corrected chi connectivity index (χ1v) is 6.83. The Kier molecular flexibility index (Phi) is 2.48. The molecule has 1 heterocycles. The number of hydrogen-bond donors (Lipinski definition) is 0. The highest BCUT2D eigenvalue weighted by molar-refractivity contribution is 8.13. The molecule has 1 aromatic heterocycles. The molecule has 0 unspecified atom stereocenters. The van der Waals surface area contributed by atoms with Gasteiger partial charge >= 0.3 is 0 Å². The summed E-state index contributed by atoms with van der Waals surface area (Å²) >= 11 is 0. The van der Waals surface area contributed by atoms with Crippen molar-refractivity contribution in [3.8, 4) is 0 Å². The summed E-state index contributed by atoms with van der Waals surface area (Å²) in [7, 11) is 1.66. The molecule has 0 fully saturated rings. The third-order valence-corrected chi connectivity index (χ3v) is 3.05. The first-order valence-electron chi connectivity index (χ1n) is 4.35. The highest BCUT2D eigenvalue weighted by Gasteiger charge is 2.08. The molecular formula is C10H9ClO3S. The van der Waals surface area contributed by atoms with Crippen LogP contribution in [0.25, 0.3) is 11.0 Å². The predicted octanol–water partition coefficient (Wildman–Crippen LogP) is 2.81. The molecule has 2 aromatic rings. The van der Waals surface area contributed by atoms with Crippen LogP contribution < -0.4 is 0 Å². The predicted molar refractivity (Wildman–Crippen MR) is 59.4 cm³/mol. The van der Waals surface area contributed by atoms with E-state index >= 15 is 0 Å². The quantitative estimate of drug-likeness (QED) is 0.764. The highest BCUT2D eigenvalue weighted by Crippen LogP contribution is 2.21. The Hall–Kier alpha value is -1.00. The van der Waals surface area contributed by atoms with Gasteiger partial charge in [-0.15, -0.1) is 0 Å². The van der Waals surface area contributed by atoms with Crippen LogP contribution in [0.3, 0.4) is 0 Å². The molecule has 2 rings (SSSR count). The van der Waals surface area contributed by atoms with Gasteiger partial charge in [-0.1, -0.05) is 12.1 Å². The summed E-state index contributed by atoms with van der Waals surface area (Å²) in [6.07, 6.45) is 0. The molecule has 0 bridgehead atoms. The van der Waals surface area contributed by atoms with E-state index in [1.54, 1.807) is 12.1 Å². The molecular weight excluding hydrogens is 236 g/mol. The molecule has 3 nitrogen and oxygen atoms in total. The van der Waals surface area contributed by atoms with Gasteiger partial charge in [0.05, 0.1) is 5.75 Å². The minimum absolute atomic E-state index is 0.176. The zero-order valence-corrected chi connectivity index (χ0v) is 9.60. The molecule has 0 spiro atoms. The summed E-state index contributed by atoms with van der Waals surface area (Å²) in [4.78, 5) is 0. The fraction of sp³-hybridized carbons (Fsp3) is 0.200. The van der Waals surface area contributed by atoms with Gasteiger partial charge in [0.15, 0.2) is 0 Å². The van der Waals surface area contributed by atoms with Gasteiger partial charge in [-0.05, 0) is 24.6 Å². The van der Waals surface area contributed by atoms with Crippen LogP contribution in [-0.4, -0.2) is 8.42 Å². The Labute approximate surface area is 92.1 Å². The van der Waals surface area contributed by atoms with Crippen LogP contribution in [0.15, 0.2) is 28.7 Å². The van der Waals surface area contributed by atoms with E-state index in [0.29, 0.717) is 11.1 Å². The number of furan rings is 1. The van der Waals surface area contributed by atoms with Gasteiger partial charge in [-0.3, -0.25) is 0 Å². The lowest BCUT2D eigenvalue weighted by molar-refractivity contribution is 0.578. The van der Waals surface area contributed by atoms with Crippen molar-refractivity contribution >= 4 is 30.7 Å². The Morgan fingerprint density at radius 3 is 2.73 bits per heavy atom. The van der Waals surface area contributed by atoms with Crippen molar-refractivity contribution in [1.29, 1.82) is 0 Å². The smallest absolute Gasteiger partial charge is 0.236 e. The summed E-state index contributed by atoms with van der Waals surface area (Å²) in [5.41, 5.74) is 1.32. The summed E-state index contributed by atoms with van der Waals surface area (Å²) in [5.74, 6) is 0.625. The van der Waals surface area contributed by atoms with E-state index in [9.17, 15) is 8.42 Å². The Morgan fingerprint density at radius 2 is 2.07 bits per heavy atom. The minimum Gasteiger partial charge on any atom is -0.461 e. The Bertz CT molecular complexity index is 598. The zero-order chi connectivity index (χ0) is 11.1. The van der Waals surface area contributed by atoms with E-state index in [0.717, 1.165) is 11.1 Å². The van der Waals surface area contributed by atoms with E-state index in [4.69, 9.17) is 15.1 Å². The van der Waals surface area contributed by atoms with Gasteiger partial charge in [-0.2, -0.15) is 0 Å². The summed E-state index contributed by atoms with van der Waals surface area (Å²) in [6.45, 7) is 1.85. The topological polar surface area (TPSA) is 47.3 Å². The zero-order valence-electron chi connectivity index (χ0n) is 8.03. The molecule has 0 aliphatic rings. The van der Waals surface area contributed by atoms with Gasteiger partial charge in [0.1, 0.15) is 11.3 Å². The maximum atomic E-state index is 10.9. The molecule has 0 saturated carbocycles. The van der Waals surface area contributed by atoms with Crippen molar-refractivity contribution in [3.63, 3.8) is 0 Å². The van der Waals surface area contributed by atoms with Crippen LogP contribution >= 0.6 is 10.7 Å². The molecule has 0 atom stereocenters. The van der Waals surface area contributed by atoms with Crippen LogP contribution in [0.1, 0.15) is 11.3 Å². The lowest BCUT2D eigenvalue weighted by Crippen LogP contribution is -1.94. The number of fused-ring (bicyclic) bond motifs is 1. The van der Waals surface area contributed by atoms with Crippen molar-refractivity contribution in [2.45, 2.75) is 12.7 Å². The molecule has 0 aliphatic carbocycles. The molecule has 0 N–H and O–H groups in total. The largest absolute Gasteiger partial charge is 0.461 e. The molecule has 1 aromatic carbocycles. The van der Waals surface area contributed by atoms with Crippen molar-refractivity contribution < 1.29 is 12.8 Å². The van der Waals surface area contributed by atoms with Crippen LogP contribution in [0, 0.1) is 6.92 Å². The molecule has 0 radical (unpaired) electrons. The standard InChI is InChI=1S/C10H9ClO3S/c1-7-4-9-3-2-8(5-10(9)14-7)6-15(11,12)13/h2-5H,6H2,1H3. The summed E-state index contributed by atoms with van der Waals surface area (Å²) in [6, 6.07) is 7.15. The normalized spacial score (nSPS) is 12.1. The molecule has 0 aliphatic heterocycles. The van der Waals surface area contributed by atoms with E-state index in [1.807, 2.05) is 19.1 Å². The van der Waals surface area contributed by atoms with Gasteiger partial charge in [-0.25, -0.2) is 8.42 Å². The Balaban J connectivity index is 2.47. The van der Waals surface area contributed by atoms with Crippen molar-refractivity contribution in [2.24, 2.45) is 0 Å². The van der Waals surface area contributed by atoms with Crippen LogP contribution in [0.5, 0.6) is 0 Å². The first-order chi connectivity index (χ1) is 6.94. The van der Waals surface area contributed by atoms with Gasteiger partial charge in [0.25, 0.3) is 0 Å². The lowest BCUT2D eigenvalue weighted by Gasteiger charge is -1.96. The molecule has 80 valence electrons. The second-order valence-corrected chi connectivity index (χ2v) is 6.19. The van der Waals surface area contributed by atoms with Crippen LogP contribution in [-0.2, 0) is 14.8 Å². The molecule has 5 heteroatoms. The van der Waals surface area contributed by atoms with Gasteiger partial charge < -0.3 is 4.42 Å². The van der Waals surface area contributed by atoms with Crippen LogP contribution in [0.2, 0.25) is 0 Å². The SMILES string of the molecule is Cc1cc2ccc(CS(=O)(=O)Cl)cc2o1. The number of halogens is 1. The number of benzene rings is 1. The maximum absolute atomic E-state index is 10.9. The summed E-state index contributed by atoms with van der Waals surface area (Å²) in [5, 5.41) is 0.961. The fourth-order valence-electron chi connectivity index (χ4n) is 1.50. The maximum Gasteiger partial charge on any atom is 0.236 e. The van der Waals surface area contributed by atoms with Gasteiger partial charge in [0, 0.05) is 16.1 Å². The van der Waals surface area contributed by atoms with Gasteiger partial charge in [0.2, 0.25) is 9.05 Å². The van der Waals surface area contributed by atoms with E-state index in [1.165, 1.54) is 0 Å². The third kappa shape index (κ3) is 2.52. The van der Waals surface area contributed by atoms with E-state index in [-0.39, 0.29) is 5.75 Å². The molecule has 15 heavy (non-hydrogen) atoms. The van der Waals surface area contributed by atoms with E-state index in [2.05, 4.69) is 0 Å². The number of rotatable bonds is 2. The van der Waals surface area contributed by atoms with Crippen molar-refractivity contribution in [1.82, 2.24) is 0 Å². The number of aryl methyl sites for hydroxylation is 1. The first kappa shape index (κ1) is 10.5. The minimum atomic E-state index is -3.51. The van der Waals surface area contributed by atoms with Crippen molar-refractivity contribution in [2.75, 3.05) is 0 Å². The average molecular weight is 245 g/mol.